The van der Waals surface area contributed by atoms with E-state index in [0.29, 0.717) is 73.8 Å². The highest BCUT2D eigenvalue weighted by Gasteiger charge is 2.38. The van der Waals surface area contributed by atoms with Gasteiger partial charge in [-0.1, -0.05) is 158 Å². The average molecular weight is 917 g/mol. The van der Waals surface area contributed by atoms with Crippen LogP contribution in [0.25, 0.3) is 107 Å². The van der Waals surface area contributed by atoms with Gasteiger partial charge in [0.2, 0.25) is 0 Å². The minimum atomic E-state index is -5.06. The molecule has 0 aliphatic carbocycles. The van der Waals surface area contributed by atoms with E-state index in [-0.39, 0.29) is 17.2 Å². The number of halogens is 6. The molecule has 0 N–H and O–H groups in total. The largest absolute Gasteiger partial charge is 0.417 e. The third-order valence-corrected chi connectivity index (χ3v) is 11.9. The molecule has 0 unspecified atom stereocenters. The Morgan fingerprint density at radius 2 is 0.812 bits per heavy atom. The van der Waals surface area contributed by atoms with E-state index in [1.165, 1.54) is 6.07 Å². The summed E-state index contributed by atoms with van der Waals surface area (Å²) in [5, 5.41) is 1.28. The molecule has 69 heavy (non-hydrogen) atoms. The zero-order chi connectivity index (χ0) is 47.3. The summed E-state index contributed by atoms with van der Waals surface area (Å²) in [5.41, 5.74) is 4.82. The Hall–Kier alpha value is -8.77. The molecule has 334 valence electrons. The Morgan fingerprint density at radius 1 is 0.319 bits per heavy atom. The SMILES string of the molecule is FC(F)(F)c1ccc(-c2ccc3c(c2)c2ccccc2n3-c2ccc(-c3cc(-c4ccccc4)nc(-c4ccccc4)n3)cc2-c2nc(-c3ccccc3)nc(-c3ccccc3)n2)c(C(F)(F)F)c1. The van der Waals surface area contributed by atoms with E-state index in [1.54, 1.807) is 12.1 Å². The topological polar surface area (TPSA) is 69.4 Å². The third kappa shape index (κ3) is 8.26. The standard InChI is InChI=1S/C57H34F6N6/c58-56(59,60)41-27-28-42(46(33-41)57(61,62)63)39-25-29-50-44(31-39)43-23-13-14-24-49(43)69(50)51-30-26-40(48-34-47(35-15-5-1-6-16-35)64-52(65-48)36-17-7-2-8-18-36)32-45(51)55-67-53(37-19-9-3-10-20-37)66-54(68-55)38-21-11-4-12-22-38/h1-34H. The van der Waals surface area contributed by atoms with Crippen molar-refractivity contribution in [1.29, 1.82) is 0 Å². The van der Waals surface area contributed by atoms with Crippen molar-refractivity contribution in [2.75, 3.05) is 0 Å². The average Bonchev–Trinajstić information content (AvgIpc) is 3.72. The lowest BCUT2D eigenvalue weighted by Crippen LogP contribution is -2.12. The molecular formula is C57H34F6N6. The van der Waals surface area contributed by atoms with Crippen molar-refractivity contribution in [3.63, 3.8) is 0 Å². The maximum atomic E-state index is 14.6. The van der Waals surface area contributed by atoms with Gasteiger partial charge in [0.25, 0.3) is 0 Å². The molecule has 11 aromatic rings. The zero-order valence-corrected chi connectivity index (χ0v) is 36.1. The molecule has 3 aromatic heterocycles. The van der Waals surface area contributed by atoms with Crippen LogP contribution in [0.2, 0.25) is 0 Å². The Balaban J connectivity index is 1.18. The normalized spacial score (nSPS) is 11.9. The maximum absolute atomic E-state index is 14.6. The van der Waals surface area contributed by atoms with Gasteiger partial charge in [-0.25, -0.2) is 24.9 Å². The molecule has 0 spiro atoms. The van der Waals surface area contributed by atoms with Gasteiger partial charge in [-0.2, -0.15) is 26.3 Å². The summed E-state index contributed by atoms with van der Waals surface area (Å²) in [6.07, 6.45) is -10.0. The van der Waals surface area contributed by atoms with Gasteiger partial charge >= 0.3 is 12.4 Å². The number of rotatable bonds is 8. The van der Waals surface area contributed by atoms with Crippen molar-refractivity contribution in [1.82, 2.24) is 29.5 Å². The molecular weight excluding hydrogens is 883 g/mol. The first kappa shape index (κ1) is 42.8. The van der Waals surface area contributed by atoms with Crippen LogP contribution in [0.1, 0.15) is 11.1 Å². The van der Waals surface area contributed by atoms with E-state index in [4.69, 9.17) is 24.9 Å². The first-order chi connectivity index (χ1) is 33.5. The lowest BCUT2D eigenvalue weighted by molar-refractivity contribution is -0.142. The van der Waals surface area contributed by atoms with Crippen LogP contribution in [-0.2, 0) is 12.4 Å². The van der Waals surface area contributed by atoms with Gasteiger partial charge in [-0.15, -0.1) is 0 Å². The second kappa shape index (κ2) is 17.1. The van der Waals surface area contributed by atoms with Crippen LogP contribution in [0.4, 0.5) is 26.3 Å². The number of nitrogens with zero attached hydrogens (tertiary/aromatic N) is 6. The number of alkyl halides is 6. The minimum Gasteiger partial charge on any atom is -0.309 e. The van der Waals surface area contributed by atoms with Crippen LogP contribution in [0.3, 0.4) is 0 Å². The molecule has 0 aliphatic rings. The van der Waals surface area contributed by atoms with Gasteiger partial charge in [-0.3, -0.25) is 0 Å². The number of benzene rings is 8. The van der Waals surface area contributed by atoms with Gasteiger partial charge in [0.05, 0.1) is 39.2 Å². The van der Waals surface area contributed by atoms with Crippen molar-refractivity contribution in [3.05, 3.63) is 217 Å². The lowest BCUT2D eigenvalue weighted by Gasteiger charge is -2.17. The van der Waals surface area contributed by atoms with Gasteiger partial charge in [0, 0.05) is 44.2 Å². The first-order valence-electron chi connectivity index (χ1n) is 21.8. The van der Waals surface area contributed by atoms with Crippen LogP contribution in [0.5, 0.6) is 0 Å². The molecule has 0 aliphatic heterocycles. The molecule has 0 saturated carbocycles. The van der Waals surface area contributed by atoms with E-state index >= 15 is 0 Å². The molecule has 0 atom stereocenters. The summed E-state index contributed by atoms with van der Waals surface area (Å²) in [7, 11) is 0. The Labute approximate surface area is 390 Å². The molecule has 0 bridgehead atoms. The smallest absolute Gasteiger partial charge is 0.309 e. The van der Waals surface area contributed by atoms with Crippen LogP contribution in [-0.4, -0.2) is 29.5 Å². The molecule has 11 rings (SSSR count). The summed E-state index contributed by atoms with van der Waals surface area (Å²) >= 11 is 0. The van der Waals surface area contributed by atoms with Gasteiger partial charge in [-0.05, 0) is 59.7 Å². The quantitative estimate of drug-likeness (QED) is 0.142. The second-order valence-electron chi connectivity index (χ2n) is 16.3. The van der Waals surface area contributed by atoms with E-state index in [9.17, 15) is 26.3 Å². The van der Waals surface area contributed by atoms with E-state index < -0.39 is 23.5 Å². The van der Waals surface area contributed by atoms with Gasteiger partial charge in [0.1, 0.15) is 0 Å². The van der Waals surface area contributed by atoms with Gasteiger partial charge < -0.3 is 4.57 Å². The van der Waals surface area contributed by atoms with Crippen molar-refractivity contribution in [2.24, 2.45) is 0 Å². The van der Waals surface area contributed by atoms with Crippen molar-refractivity contribution in [3.8, 4) is 84.9 Å². The second-order valence-corrected chi connectivity index (χ2v) is 16.3. The number of para-hydroxylation sites is 1. The molecule has 12 heteroatoms. The monoisotopic (exact) mass is 916 g/mol. The molecule has 0 radical (unpaired) electrons. The highest BCUT2D eigenvalue weighted by Crippen LogP contribution is 2.44. The molecule has 0 amide bonds. The fraction of sp³-hybridized carbons (Fsp3) is 0.0351. The maximum Gasteiger partial charge on any atom is 0.417 e. The minimum absolute atomic E-state index is 0.103. The van der Waals surface area contributed by atoms with Crippen LogP contribution < -0.4 is 0 Å². The number of hydrogen-bond acceptors (Lipinski definition) is 5. The number of hydrogen-bond donors (Lipinski definition) is 0. The summed E-state index contributed by atoms with van der Waals surface area (Å²) in [5.74, 6) is 1.72. The fourth-order valence-electron chi connectivity index (χ4n) is 8.67. The molecule has 3 heterocycles. The summed E-state index contributed by atoms with van der Waals surface area (Å²) in [4.78, 5) is 25.4. The Bertz CT molecular complexity index is 3570. The lowest BCUT2D eigenvalue weighted by atomic mass is 9.95. The molecule has 0 fully saturated rings. The number of fused-ring (bicyclic) bond motifs is 3. The van der Waals surface area contributed by atoms with Crippen molar-refractivity contribution < 1.29 is 26.3 Å². The van der Waals surface area contributed by atoms with Gasteiger partial charge in [0.15, 0.2) is 23.3 Å². The van der Waals surface area contributed by atoms with Crippen LogP contribution in [0.15, 0.2) is 206 Å². The Morgan fingerprint density at radius 3 is 1.39 bits per heavy atom. The van der Waals surface area contributed by atoms with Crippen molar-refractivity contribution in [2.45, 2.75) is 12.4 Å². The zero-order valence-electron chi connectivity index (χ0n) is 36.1. The van der Waals surface area contributed by atoms with Crippen LogP contribution >= 0.6 is 0 Å². The predicted octanol–water partition coefficient (Wildman–Crippen LogP) is 15.5. The Kier molecular flexibility index (Phi) is 10.6. The highest BCUT2D eigenvalue weighted by molar-refractivity contribution is 6.11. The van der Waals surface area contributed by atoms with E-state index in [0.717, 1.165) is 33.9 Å². The predicted molar refractivity (Wildman–Crippen MR) is 258 cm³/mol. The van der Waals surface area contributed by atoms with E-state index in [1.807, 2.05) is 174 Å². The van der Waals surface area contributed by atoms with Crippen LogP contribution in [0, 0.1) is 0 Å². The number of aromatic nitrogens is 6. The third-order valence-electron chi connectivity index (χ3n) is 11.9. The fourth-order valence-corrected chi connectivity index (χ4v) is 8.67. The molecule has 6 nitrogen and oxygen atoms in total. The molecule has 0 saturated heterocycles. The first-order valence-corrected chi connectivity index (χ1v) is 21.8. The summed E-state index contributed by atoms with van der Waals surface area (Å²) < 4.78 is 86.8. The summed E-state index contributed by atoms with van der Waals surface area (Å²) in [6.45, 7) is 0. The highest BCUT2D eigenvalue weighted by atomic mass is 19.4. The summed E-state index contributed by atoms with van der Waals surface area (Å²) in [6, 6.07) is 60.5. The van der Waals surface area contributed by atoms with Crippen molar-refractivity contribution >= 4 is 21.8 Å². The van der Waals surface area contributed by atoms with E-state index in [2.05, 4.69) is 0 Å². The molecule has 8 aromatic carbocycles.